The Morgan fingerprint density at radius 3 is 3.15 bits per heavy atom. The maximum absolute atomic E-state index is 4.34. The van der Waals surface area contributed by atoms with Crippen LogP contribution in [0.5, 0.6) is 0 Å². The zero-order valence-corrected chi connectivity index (χ0v) is 8.39. The molecule has 1 N–H and O–H groups in total. The van der Waals surface area contributed by atoms with Crippen LogP contribution < -0.4 is 5.32 Å². The van der Waals surface area contributed by atoms with Crippen LogP contribution in [-0.2, 0) is 6.42 Å². The molecule has 1 saturated carbocycles. The number of thiazole rings is 1. The summed E-state index contributed by atoms with van der Waals surface area (Å²) in [6, 6.07) is 1.56. The molecule has 3 heteroatoms. The first kappa shape index (κ1) is 7.94. The van der Waals surface area contributed by atoms with E-state index in [4.69, 9.17) is 0 Å². The maximum atomic E-state index is 4.34. The second kappa shape index (κ2) is 3.07. The summed E-state index contributed by atoms with van der Waals surface area (Å²) in [4.78, 5) is 4.34. The van der Waals surface area contributed by atoms with Crippen molar-refractivity contribution < 1.29 is 0 Å². The van der Waals surface area contributed by atoms with Crippen molar-refractivity contribution in [1.29, 1.82) is 0 Å². The first-order valence-corrected chi connectivity index (χ1v) is 5.94. The molecule has 3 rings (SSSR count). The topological polar surface area (TPSA) is 24.9 Å². The Labute approximate surface area is 82.4 Å². The lowest BCUT2D eigenvalue weighted by Gasteiger charge is -2.21. The Balaban J connectivity index is 1.68. The summed E-state index contributed by atoms with van der Waals surface area (Å²) in [6.07, 6.45) is 7.31. The molecule has 3 unspecified atom stereocenters. The number of rotatable bonds is 2. The highest BCUT2D eigenvalue weighted by atomic mass is 32.1. The Morgan fingerprint density at radius 2 is 2.54 bits per heavy atom. The Morgan fingerprint density at radius 1 is 1.54 bits per heavy atom. The summed E-state index contributed by atoms with van der Waals surface area (Å²) in [6.45, 7) is 0. The van der Waals surface area contributed by atoms with E-state index in [1.54, 1.807) is 11.3 Å². The van der Waals surface area contributed by atoms with E-state index in [1.807, 2.05) is 6.20 Å². The maximum Gasteiger partial charge on any atom is 0.0940 e. The lowest BCUT2D eigenvalue weighted by molar-refractivity contribution is 0.379. The number of aromatic nitrogens is 1. The zero-order chi connectivity index (χ0) is 8.67. The van der Waals surface area contributed by atoms with E-state index in [0.717, 1.165) is 24.4 Å². The highest BCUT2D eigenvalue weighted by Crippen LogP contribution is 2.36. The average molecular weight is 194 g/mol. The van der Waals surface area contributed by atoms with Gasteiger partial charge in [-0.2, -0.15) is 0 Å². The number of fused-ring (bicyclic) bond motifs is 2. The lowest BCUT2D eigenvalue weighted by Crippen LogP contribution is -2.36. The fourth-order valence-corrected chi connectivity index (χ4v) is 3.42. The Kier molecular flexibility index (Phi) is 1.87. The summed E-state index contributed by atoms with van der Waals surface area (Å²) < 4.78 is 0. The van der Waals surface area contributed by atoms with E-state index in [0.29, 0.717) is 0 Å². The van der Waals surface area contributed by atoms with Gasteiger partial charge in [0.2, 0.25) is 0 Å². The van der Waals surface area contributed by atoms with E-state index in [9.17, 15) is 0 Å². The van der Waals surface area contributed by atoms with E-state index >= 15 is 0 Å². The third-order valence-electron chi connectivity index (χ3n) is 3.37. The second-order valence-electron chi connectivity index (χ2n) is 4.17. The third kappa shape index (κ3) is 1.40. The lowest BCUT2D eigenvalue weighted by atomic mass is 9.98. The van der Waals surface area contributed by atoms with Gasteiger partial charge in [0.1, 0.15) is 0 Å². The molecule has 13 heavy (non-hydrogen) atoms. The molecule has 0 radical (unpaired) electrons. The van der Waals surface area contributed by atoms with Gasteiger partial charge in [-0.05, 0) is 25.2 Å². The van der Waals surface area contributed by atoms with Crippen molar-refractivity contribution in [3.8, 4) is 0 Å². The van der Waals surface area contributed by atoms with E-state index < -0.39 is 0 Å². The molecule has 0 spiro atoms. The minimum atomic E-state index is 0.727. The predicted molar refractivity (Wildman–Crippen MR) is 53.9 cm³/mol. The van der Waals surface area contributed by atoms with E-state index in [-0.39, 0.29) is 0 Å². The second-order valence-corrected chi connectivity index (χ2v) is 5.15. The van der Waals surface area contributed by atoms with Gasteiger partial charge >= 0.3 is 0 Å². The van der Waals surface area contributed by atoms with Crippen molar-refractivity contribution in [3.05, 3.63) is 16.6 Å². The number of piperidine rings is 1. The molecular weight excluding hydrogens is 180 g/mol. The van der Waals surface area contributed by atoms with Gasteiger partial charge in [-0.25, -0.2) is 4.98 Å². The fourth-order valence-electron chi connectivity index (χ4n) is 2.74. The van der Waals surface area contributed by atoms with Gasteiger partial charge in [0.25, 0.3) is 0 Å². The van der Waals surface area contributed by atoms with Gasteiger partial charge in [-0.1, -0.05) is 0 Å². The van der Waals surface area contributed by atoms with Crippen LogP contribution in [0.25, 0.3) is 0 Å². The van der Waals surface area contributed by atoms with E-state index in [1.165, 1.54) is 24.3 Å². The van der Waals surface area contributed by atoms with Gasteiger partial charge < -0.3 is 5.32 Å². The fraction of sp³-hybridized carbons (Fsp3) is 0.700. The van der Waals surface area contributed by atoms with Crippen LogP contribution >= 0.6 is 11.3 Å². The number of hydrogen-bond acceptors (Lipinski definition) is 3. The molecule has 1 aromatic heterocycles. The van der Waals surface area contributed by atoms with Crippen molar-refractivity contribution in [2.24, 2.45) is 5.92 Å². The van der Waals surface area contributed by atoms with Crippen molar-refractivity contribution >= 4 is 11.3 Å². The molecule has 2 bridgehead atoms. The van der Waals surface area contributed by atoms with Crippen LogP contribution in [0.4, 0.5) is 0 Å². The van der Waals surface area contributed by atoms with Crippen LogP contribution in [0.1, 0.15) is 24.3 Å². The highest BCUT2D eigenvalue weighted by Gasteiger charge is 2.38. The minimum absolute atomic E-state index is 0.727. The average Bonchev–Trinajstić information content (AvgIpc) is 2.77. The van der Waals surface area contributed by atoms with Gasteiger partial charge in [0.15, 0.2) is 0 Å². The molecule has 2 heterocycles. The first-order valence-electron chi connectivity index (χ1n) is 5.06. The van der Waals surface area contributed by atoms with Gasteiger partial charge in [0, 0.05) is 30.1 Å². The molecule has 2 aliphatic rings. The smallest absolute Gasteiger partial charge is 0.0940 e. The first-order chi connectivity index (χ1) is 6.42. The minimum Gasteiger partial charge on any atom is -0.311 e. The largest absolute Gasteiger partial charge is 0.311 e. The summed E-state index contributed by atoms with van der Waals surface area (Å²) in [5.74, 6) is 0.939. The molecule has 0 amide bonds. The summed E-state index contributed by atoms with van der Waals surface area (Å²) in [7, 11) is 0. The molecule has 2 fully saturated rings. The normalized spacial score (nSPS) is 37.1. The van der Waals surface area contributed by atoms with Crippen molar-refractivity contribution in [1.82, 2.24) is 10.3 Å². The van der Waals surface area contributed by atoms with Crippen molar-refractivity contribution in [2.75, 3.05) is 0 Å². The van der Waals surface area contributed by atoms with Crippen molar-refractivity contribution in [2.45, 2.75) is 37.8 Å². The Bertz CT molecular complexity index is 283. The highest BCUT2D eigenvalue weighted by molar-refractivity contribution is 7.09. The standard InChI is InChI=1S/C10H14N2S/c1-2-8-5-7(1)9(12-8)6-10-11-3-4-13-10/h3-4,7-9,12H,1-2,5-6H2. The molecular formula is C10H14N2S. The molecule has 1 aliphatic carbocycles. The van der Waals surface area contributed by atoms with Crippen LogP contribution in [0.2, 0.25) is 0 Å². The molecule has 0 aromatic carbocycles. The molecule has 1 aromatic rings. The third-order valence-corrected chi connectivity index (χ3v) is 4.17. The zero-order valence-electron chi connectivity index (χ0n) is 7.57. The molecule has 2 nitrogen and oxygen atoms in total. The number of hydrogen-bond donors (Lipinski definition) is 1. The monoisotopic (exact) mass is 194 g/mol. The van der Waals surface area contributed by atoms with Crippen LogP contribution in [0.3, 0.4) is 0 Å². The summed E-state index contributed by atoms with van der Waals surface area (Å²) in [5, 5.41) is 7.06. The predicted octanol–water partition coefficient (Wildman–Crippen LogP) is 1.83. The molecule has 3 atom stereocenters. The molecule has 1 saturated heterocycles. The number of nitrogens with zero attached hydrogens (tertiary/aromatic N) is 1. The van der Waals surface area contributed by atoms with E-state index in [2.05, 4.69) is 15.7 Å². The van der Waals surface area contributed by atoms with Gasteiger partial charge in [-0.3, -0.25) is 0 Å². The van der Waals surface area contributed by atoms with Crippen molar-refractivity contribution in [3.63, 3.8) is 0 Å². The quantitative estimate of drug-likeness (QED) is 0.777. The van der Waals surface area contributed by atoms with Crippen LogP contribution in [-0.4, -0.2) is 17.1 Å². The van der Waals surface area contributed by atoms with Gasteiger partial charge in [-0.15, -0.1) is 11.3 Å². The Hall–Kier alpha value is -0.410. The summed E-state index contributed by atoms with van der Waals surface area (Å²) in [5.41, 5.74) is 0. The molecule has 1 aliphatic heterocycles. The van der Waals surface area contributed by atoms with Crippen LogP contribution in [0.15, 0.2) is 11.6 Å². The van der Waals surface area contributed by atoms with Crippen LogP contribution in [0, 0.1) is 5.92 Å². The molecule has 70 valence electrons. The van der Waals surface area contributed by atoms with Gasteiger partial charge in [0.05, 0.1) is 5.01 Å². The SMILES string of the molecule is c1csc(CC2NC3CCC2C3)n1. The summed E-state index contributed by atoms with van der Waals surface area (Å²) >= 11 is 1.79. The number of nitrogens with one attached hydrogen (secondary N) is 1.